The van der Waals surface area contributed by atoms with E-state index in [1.807, 2.05) is 0 Å². The standard InChI is InChI=1S/C12H16N2O8S/c1-20-4-6-5-23(18,19)10-7(13-12(17)22-3)9(15)14(10)8(6)11(16)21-2/h7,10H,4-5H2,1-3H3,(H,13,17). The van der Waals surface area contributed by atoms with Crippen LogP contribution in [0.25, 0.3) is 0 Å². The van der Waals surface area contributed by atoms with Crippen molar-refractivity contribution in [1.29, 1.82) is 0 Å². The van der Waals surface area contributed by atoms with Gasteiger partial charge >= 0.3 is 12.1 Å². The van der Waals surface area contributed by atoms with Crippen LogP contribution in [-0.2, 0) is 33.6 Å². The highest BCUT2D eigenvalue weighted by Crippen LogP contribution is 2.37. The van der Waals surface area contributed by atoms with E-state index in [9.17, 15) is 22.8 Å². The molecule has 0 aliphatic carbocycles. The molecule has 2 unspecified atom stereocenters. The van der Waals surface area contributed by atoms with Crippen LogP contribution in [0.5, 0.6) is 0 Å². The lowest BCUT2D eigenvalue weighted by atomic mass is 10.0. The molecule has 0 aromatic heterocycles. The molecule has 23 heavy (non-hydrogen) atoms. The predicted octanol–water partition coefficient (Wildman–Crippen LogP) is -1.62. The van der Waals surface area contributed by atoms with E-state index in [1.54, 1.807) is 0 Å². The van der Waals surface area contributed by atoms with Crippen LogP contribution in [0.15, 0.2) is 11.3 Å². The Labute approximate surface area is 132 Å². The molecule has 2 aliphatic rings. The van der Waals surface area contributed by atoms with Gasteiger partial charge in [-0.25, -0.2) is 18.0 Å². The zero-order valence-electron chi connectivity index (χ0n) is 12.7. The Hall–Kier alpha value is -2.14. The van der Waals surface area contributed by atoms with Crippen molar-refractivity contribution >= 4 is 27.8 Å². The van der Waals surface area contributed by atoms with E-state index < -0.39 is 45.0 Å². The van der Waals surface area contributed by atoms with Crippen LogP contribution in [0.4, 0.5) is 4.79 Å². The van der Waals surface area contributed by atoms with Crippen molar-refractivity contribution in [2.45, 2.75) is 11.4 Å². The fraction of sp³-hybridized carbons (Fsp3) is 0.583. The molecule has 2 rings (SSSR count). The minimum absolute atomic E-state index is 0.125. The maximum absolute atomic E-state index is 12.4. The lowest BCUT2D eigenvalue weighted by Crippen LogP contribution is -2.74. The minimum Gasteiger partial charge on any atom is -0.464 e. The summed E-state index contributed by atoms with van der Waals surface area (Å²) >= 11 is 0. The summed E-state index contributed by atoms with van der Waals surface area (Å²) < 4.78 is 38.6. The Kier molecular flexibility index (Phi) is 4.61. The van der Waals surface area contributed by atoms with Gasteiger partial charge in [-0.05, 0) is 0 Å². The highest BCUT2D eigenvalue weighted by atomic mass is 32.2. The van der Waals surface area contributed by atoms with Gasteiger partial charge in [-0.15, -0.1) is 0 Å². The number of β-lactam (4-membered cyclic amide) rings is 1. The number of hydrogen-bond acceptors (Lipinski definition) is 8. The summed E-state index contributed by atoms with van der Waals surface area (Å²) in [6, 6.07) is -1.31. The highest BCUT2D eigenvalue weighted by Gasteiger charge is 2.60. The van der Waals surface area contributed by atoms with Gasteiger partial charge in [-0.1, -0.05) is 0 Å². The molecule has 128 valence electrons. The predicted molar refractivity (Wildman–Crippen MR) is 74.7 cm³/mol. The summed E-state index contributed by atoms with van der Waals surface area (Å²) in [7, 11) is -0.280. The molecule has 0 aromatic rings. The molecule has 0 bridgehead atoms. The molecule has 11 heteroatoms. The van der Waals surface area contributed by atoms with E-state index in [-0.39, 0.29) is 17.9 Å². The van der Waals surface area contributed by atoms with E-state index in [1.165, 1.54) is 7.11 Å². The van der Waals surface area contributed by atoms with Gasteiger partial charge in [0.05, 0.1) is 26.6 Å². The number of rotatable bonds is 4. The van der Waals surface area contributed by atoms with Crippen LogP contribution in [0, 0.1) is 0 Å². The number of carbonyl (C=O) groups excluding carboxylic acids is 3. The average Bonchev–Trinajstić information content (AvgIpc) is 2.50. The van der Waals surface area contributed by atoms with Gasteiger partial charge in [0, 0.05) is 12.7 Å². The van der Waals surface area contributed by atoms with Crippen molar-refractivity contribution in [3.8, 4) is 0 Å². The summed E-state index contributed by atoms with van der Waals surface area (Å²) in [4.78, 5) is 36.3. The van der Waals surface area contributed by atoms with Crippen molar-refractivity contribution in [2.24, 2.45) is 0 Å². The third kappa shape index (κ3) is 2.77. The zero-order chi connectivity index (χ0) is 17.4. The largest absolute Gasteiger partial charge is 0.464 e. The maximum atomic E-state index is 12.4. The van der Waals surface area contributed by atoms with Crippen molar-refractivity contribution in [1.82, 2.24) is 10.2 Å². The van der Waals surface area contributed by atoms with Crippen LogP contribution in [0.1, 0.15) is 0 Å². The highest BCUT2D eigenvalue weighted by molar-refractivity contribution is 7.92. The molecule has 10 nitrogen and oxygen atoms in total. The number of hydrogen-bond donors (Lipinski definition) is 1. The van der Waals surface area contributed by atoms with Crippen molar-refractivity contribution in [2.75, 3.05) is 33.7 Å². The van der Waals surface area contributed by atoms with Gasteiger partial charge in [-0.3, -0.25) is 9.69 Å². The Balaban J connectivity index is 2.45. The molecule has 0 saturated carbocycles. The summed E-state index contributed by atoms with van der Waals surface area (Å²) in [5, 5.41) is 0.786. The maximum Gasteiger partial charge on any atom is 0.407 e. The molecule has 2 atom stereocenters. The second kappa shape index (κ2) is 6.16. The molecular formula is C12H16N2O8S. The first kappa shape index (κ1) is 17.2. The number of sulfone groups is 1. The fourth-order valence-electron chi connectivity index (χ4n) is 2.58. The van der Waals surface area contributed by atoms with Crippen molar-refractivity contribution in [3.63, 3.8) is 0 Å². The second-order valence-electron chi connectivity index (χ2n) is 4.90. The Morgan fingerprint density at radius 1 is 1.26 bits per heavy atom. The molecule has 2 aliphatic heterocycles. The number of esters is 1. The summed E-state index contributed by atoms with van der Waals surface area (Å²) in [6.45, 7) is -0.144. The van der Waals surface area contributed by atoms with E-state index in [0.29, 0.717) is 0 Å². The van der Waals surface area contributed by atoms with Crippen LogP contribution in [0.3, 0.4) is 0 Å². The smallest absolute Gasteiger partial charge is 0.407 e. The van der Waals surface area contributed by atoms with Gasteiger partial charge in [-0.2, -0.15) is 0 Å². The van der Waals surface area contributed by atoms with Crippen molar-refractivity contribution < 1.29 is 37.0 Å². The van der Waals surface area contributed by atoms with E-state index in [4.69, 9.17) is 4.74 Å². The molecule has 2 amide bonds. The first-order chi connectivity index (χ1) is 10.8. The third-order valence-corrected chi connectivity index (χ3v) is 5.49. The number of fused-ring (bicyclic) bond motifs is 1. The molecule has 2 heterocycles. The van der Waals surface area contributed by atoms with Gasteiger partial charge in [0.25, 0.3) is 5.91 Å². The fourth-order valence-corrected chi connectivity index (χ4v) is 4.59. The number of alkyl carbamates (subject to hydrolysis) is 1. The second-order valence-corrected chi connectivity index (χ2v) is 6.99. The number of nitrogens with zero attached hydrogens (tertiary/aromatic N) is 1. The topological polar surface area (TPSA) is 128 Å². The molecule has 0 aromatic carbocycles. The van der Waals surface area contributed by atoms with Crippen LogP contribution in [-0.4, -0.2) is 76.4 Å². The molecule has 1 fully saturated rings. The van der Waals surface area contributed by atoms with Crippen LogP contribution in [0.2, 0.25) is 0 Å². The molecule has 1 saturated heterocycles. The van der Waals surface area contributed by atoms with Crippen molar-refractivity contribution in [3.05, 3.63) is 11.3 Å². The number of amides is 2. The molecule has 0 radical (unpaired) electrons. The first-order valence-corrected chi connectivity index (χ1v) is 8.18. The minimum atomic E-state index is -3.82. The average molecular weight is 348 g/mol. The Morgan fingerprint density at radius 2 is 1.91 bits per heavy atom. The molecular weight excluding hydrogens is 332 g/mol. The first-order valence-electron chi connectivity index (χ1n) is 6.46. The number of methoxy groups -OCH3 is 3. The van der Waals surface area contributed by atoms with Gasteiger partial charge in [0.2, 0.25) is 0 Å². The Bertz CT molecular complexity index is 683. The van der Waals surface area contributed by atoms with Gasteiger partial charge in [0.1, 0.15) is 11.7 Å². The quantitative estimate of drug-likeness (QED) is 0.474. The van der Waals surface area contributed by atoms with Gasteiger partial charge in [0.15, 0.2) is 15.2 Å². The number of ether oxygens (including phenoxy) is 3. The number of carbonyl (C=O) groups is 3. The summed E-state index contributed by atoms with van der Waals surface area (Å²) in [5.74, 6) is -2.06. The summed E-state index contributed by atoms with van der Waals surface area (Å²) in [6.07, 6.45) is -0.940. The third-order valence-electron chi connectivity index (χ3n) is 3.52. The normalized spacial score (nSPS) is 25.3. The molecule has 0 spiro atoms. The van der Waals surface area contributed by atoms with E-state index >= 15 is 0 Å². The zero-order valence-corrected chi connectivity index (χ0v) is 13.5. The lowest BCUT2D eigenvalue weighted by Gasteiger charge is -2.48. The lowest BCUT2D eigenvalue weighted by molar-refractivity contribution is -0.150. The Morgan fingerprint density at radius 3 is 2.43 bits per heavy atom. The monoisotopic (exact) mass is 348 g/mol. The van der Waals surface area contributed by atoms with E-state index in [0.717, 1.165) is 19.1 Å². The van der Waals surface area contributed by atoms with E-state index in [2.05, 4.69) is 14.8 Å². The van der Waals surface area contributed by atoms with Crippen LogP contribution >= 0.6 is 0 Å². The molecule has 1 N–H and O–H groups in total. The van der Waals surface area contributed by atoms with Crippen LogP contribution < -0.4 is 5.32 Å². The van der Waals surface area contributed by atoms with Gasteiger partial charge < -0.3 is 19.5 Å². The SMILES string of the molecule is COCC1=C(C(=O)OC)N2C(=O)C(NC(=O)OC)C2S(=O)(=O)C1. The number of nitrogens with one attached hydrogen (secondary N) is 1. The summed E-state index contributed by atoms with van der Waals surface area (Å²) in [5.41, 5.74) is -0.0393.